The Morgan fingerprint density at radius 3 is 2.53 bits per heavy atom. The highest BCUT2D eigenvalue weighted by Crippen LogP contribution is 2.37. The molecule has 0 saturated heterocycles. The molecule has 2 rings (SSSR count). The molecule has 2 aliphatic rings. The van der Waals surface area contributed by atoms with Crippen molar-refractivity contribution in [3.8, 4) is 0 Å². The molecule has 0 N–H and O–H groups in total. The van der Waals surface area contributed by atoms with Gasteiger partial charge in [-0.05, 0) is 31.6 Å². The van der Waals surface area contributed by atoms with Crippen LogP contribution in [-0.4, -0.2) is 19.0 Å². The molecule has 0 bridgehead atoms. The first-order chi connectivity index (χ1) is 7.33. The Bertz CT molecular complexity index is 225. The molecule has 0 aromatic heterocycles. The van der Waals surface area contributed by atoms with Crippen LogP contribution in [0, 0.1) is 11.8 Å². The summed E-state index contributed by atoms with van der Waals surface area (Å²) >= 11 is 0. The first-order valence-electron chi connectivity index (χ1n) is 6.38. The number of carbonyl (C=O) groups is 1. The molecule has 0 spiro atoms. The molecule has 2 saturated carbocycles. The zero-order valence-electron chi connectivity index (χ0n) is 9.71. The fourth-order valence-electron chi connectivity index (χ4n) is 3.34. The van der Waals surface area contributed by atoms with Crippen molar-refractivity contribution >= 4 is 5.78 Å². The lowest BCUT2D eigenvalue weighted by Crippen LogP contribution is -2.37. The van der Waals surface area contributed by atoms with Gasteiger partial charge in [-0.25, -0.2) is 0 Å². The van der Waals surface area contributed by atoms with Crippen molar-refractivity contribution < 1.29 is 9.53 Å². The first-order valence-corrected chi connectivity index (χ1v) is 6.38. The normalized spacial score (nSPS) is 37.9. The zero-order chi connectivity index (χ0) is 10.7. The molecule has 0 unspecified atom stereocenters. The van der Waals surface area contributed by atoms with Gasteiger partial charge < -0.3 is 4.74 Å². The zero-order valence-corrected chi connectivity index (χ0v) is 9.71. The van der Waals surface area contributed by atoms with E-state index in [0.717, 1.165) is 25.7 Å². The molecule has 0 amide bonds. The smallest absolute Gasteiger partial charge is 0.136 e. The van der Waals surface area contributed by atoms with Gasteiger partial charge in [0.05, 0.1) is 6.10 Å². The van der Waals surface area contributed by atoms with Crippen LogP contribution < -0.4 is 0 Å². The van der Waals surface area contributed by atoms with Gasteiger partial charge >= 0.3 is 0 Å². The lowest BCUT2D eigenvalue weighted by atomic mass is 9.71. The van der Waals surface area contributed by atoms with Crippen LogP contribution in [0.2, 0.25) is 0 Å². The number of rotatable bonds is 2. The van der Waals surface area contributed by atoms with E-state index in [1.807, 2.05) is 0 Å². The molecule has 86 valence electrons. The van der Waals surface area contributed by atoms with Crippen LogP contribution >= 0.6 is 0 Å². The molecule has 2 heteroatoms. The molecule has 0 heterocycles. The SMILES string of the molecule is CO[C@@H]1CCCC[C@@H]1[C@@H]1CCCCC1=O. The molecule has 0 aliphatic heterocycles. The molecule has 0 radical (unpaired) electrons. The Morgan fingerprint density at radius 1 is 1.07 bits per heavy atom. The van der Waals surface area contributed by atoms with E-state index >= 15 is 0 Å². The van der Waals surface area contributed by atoms with Gasteiger partial charge in [-0.15, -0.1) is 0 Å². The van der Waals surface area contributed by atoms with Crippen molar-refractivity contribution in [1.82, 2.24) is 0 Å². The van der Waals surface area contributed by atoms with Crippen molar-refractivity contribution in [3.05, 3.63) is 0 Å². The number of Topliss-reactive ketones (excluding diaryl/α,β-unsaturated/α-hetero) is 1. The van der Waals surface area contributed by atoms with Crippen LogP contribution in [0.3, 0.4) is 0 Å². The minimum absolute atomic E-state index is 0.323. The van der Waals surface area contributed by atoms with Crippen molar-refractivity contribution in [2.24, 2.45) is 11.8 Å². The van der Waals surface area contributed by atoms with E-state index in [2.05, 4.69) is 0 Å². The standard InChI is InChI=1S/C13H22O2/c1-15-13-9-5-3-7-11(13)10-6-2-4-8-12(10)14/h10-11,13H,2-9H2,1H3/t10-,11+,13+/m0/s1. The number of ether oxygens (including phenoxy) is 1. The molecule has 2 aliphatic carbocycles. The summed E-state index contributed by atoms with van der Waals surface area (Å²) < 4.78 is 5.55. The van der Waals surface area contributed by atoms with Crippen molar-refractivity contribution in [2.75, 3.05) is 7.11 Å². The molecule has 2 nitrogen and oxygen atoms in total. The Labute approximate surface area is 92.4 Å². The summed E-state index contributed by atoms with van der Waals surface area (Å²) in [6.45, 7) is 0. The van der Waals surface area contributed by atoms with Gasteiger partial charge in [0.1, 0.15) is 5.78 Å². The topological polar surface area (TPSA) is 26.3 Å². The van der Waals surface area contributed by atoms with Gasteiger partial charge in [0, 0.05) is 19.4 Å². The van der Waals surface area contributed by atoms with Crippen molar-refractivity contribution in [2.45, 2.75) is 57.5 Å². The van der Waals surface area contributed by atoms with E-state index in [9.17, 15) is 4.79 Å². The predicted octanol–water partition coefficient (Wildman–Crippen LogP) is 2.95. The minimum atomic E-state index is 0.323. The highest BCUT2D eigenvalue weighted by molar-refractivity contribution is 5.82. The number of carbonyl (C=O) groups excluding carboxylic acids is 1. The number of ketones is 1. The van der Waals surface area contributed by atoms with Crippen LogP contribution in [0.15, 0.2) is 0 Å². The van der Waals surface area contributed by atoms with Gasteiger partial charge in [0.25, 0.3) is 0 Å². The van der Waals surface area contributed by atoms with Crippen LogP contribution in [0.4, 0.5) is 0 Å². The van der Waals surface area contributed by atoms with Crippen molar-refractivity contribution in [3.63, 3.8) is 0 Å². The highest BCUT2D eigenvalue weighted by Gasteiger charge is 2.36. The average Bonchev–Trinajstić information content (AvgIpc) is 2.30. The first kappa shape index (κ1) is 11.1. The highest BCUT2D eigenvalue weighted by atomic mass is 16.5. The molecule has 0 aromatic rings. The largest absolute Gasteiger partial charge is 0.381 e. The average molecular weight is 210 g/mol. The Morgan fingerprint density at radius 2 is 1.80 bits per heavy atom. The Balaban J connectivity index is 2.02. The summed E-state index contributed by atoms with van der Waals surface area (Å²) in [5.74, 6) is 1.36. The lowest BCUT2D eigenvalue weighted by Gasteiger charge is -2.37. The minimum Gasteiger partial charge on any atom is -0.381 e. The second-order valence-electron chi connectivity index (χ2n) is 5.04. The molecular weight excluding hydrogens is 188 g/mol. The van der Waals surface area contributed by atoms with E-state index < -0.39 is 0 Å². The van der Waals surface area contributed by atoms with E-state index in [0.29, 0.717) is 23.7 Å². The molecule has 15 heavy (non-hydrogen) atoms. The van der Waals surface area contributed by atoms with Crippen LogP contribution in [-0.2, 0) is 9.53 Å². The monoisotopic (exact) mass is 210 g/mol. The Hall–Kier alpha value is -0.370. The van der Waals surface area contributed by atoms with E-state index in [1.54, 1.807) is 7.11 Å². The Kier molecular flexibility index (Phi) is 3.79. The van der Waals surface area contributed by atoms with Gasteiger partial charge in [0.2, 0.25) is 0 Å². The maximum Gasteiger partial charge on any atom is 0.136 e. The summed E-state index contributed by atoms with van der Waals surface area (Å²) in [4.78, 5) is 11.9. The van der Waals surface area contributed by atoms with Crippen LogP contribution in [0.1, 0.15) is 51.4 Å². The maximum atomic E-state index is 11.9. The third-order valence-electron chi connectivity index (χ3n) is 4.18. The fraction of sp³-hybridized carbons (Fsp3) is 0.923. The number of hydrogen-bond donors (Lipinski definition) is 0. The summed E-state index contributed by atoms with van der Waals surface area (Å²) in [7, 11) is 1.80. The van der Waals surface area contributed by atoms with E-state index in [-0.39, 0.29) is 0 Å². The van der Waals surface area contributed by atoms with E-state index in [1.165, 1.54) is 25.7 Å². The molecular formula is C13H22O2. The van der Waals surface area contributed by atoms with Gasteiger partial charge in [-0.1, -0.05) is 19.3 Å². The molecule has 2 fully saturated rings. The second kappa shape index (κ2) is 5.11. The van der Waals surface area contributed by atoms with Crippen LogP contribution in [0.25, 0.3) is 0 Å². The van der Waals surface area contributed by atoms with Crippen LogP contribution in [0.5, 0.6) is 0 Å². The van der Waals surface area contributed by atoms with Gasteiger partial charge in [0.15, 0.2) is 0 Å². The lowest BCUT2D eigenvalue weighted by molar-refractivity contribution is -0.130. The summed E-state index contributed by atoms with van der Waals surface area (Å²) in [6, 6.07) is 0. The summed E-state index contributed by atoms with van der Waals surface area (Å²) in [6.07, 6.45) is 9.56. The maximum absolute atomic E-state index is 11.9. The third kappa shape index (κ3) is 2.41. The summed E-state index contributed by atoms with van der Waals surface area (Å²) in [5.41, 5.74) is 0. The fourth-order valence-corrected chi connectivity index (χ4v) is 3.34. The molecule has 0 aromatic carbocycles. The number of hydrogen-bond acceptors (Lipinski definition) is 2. The molecule has 3 atom stereocenters. The quantitative estimate of drug-likeness (QED) is 0.700. The predicted molar refractivity (Wildman–Crippen MR) is 59.7 cm³/mol. The van der Waals surface area contributed by atoms with Crippen molar-refractivity contribution in [1.29, 1.82) is 0 Å². The van der Waals surface area contributed by atoms with Gasteiger partial charge in [-0.3, -0.25) is 4.79 Å². The summed E-state index contributed by atoms with van der Waals surface area (Å²) in [5, 5.41) is 0. The number of methoxy groups -OCH3 is 1. The van der Waals surface area contributed by atoms with Gasteiger partial charge in [-0.2, -0.15) is 0 Å². The van der Waals surface area contributed by atoms with E-state index in [4.69, 9.17) is 4.74 Å². The second-order valence-corrected chi connectivity index (χ2v) is 5.04. The third-order valence-corrected chi connectivity index (χ3v) is 4.18.